The van der Waals surface area contributed by atoms with E-state index < -0.39 is 0 Å². The molecular formula is C19H23N3O2. The summed E-state index contributed by atoms with van der Waals surface area (Å²) in [4.78, 5) is 18.7. The molecule has 0 fully saturated rings. The zero-order chi connectivity index (χ0) is 16.8. The number of hydrogen-bond acceptors (Lipinski definition) is 3. The molecule has 1 aromatic heterocycles. The van der Waals surface area contributed by atoms with Crippen LogP contribution in [0.25, 0.3) is 0 Å². The Labute approximate surface area is 142 Å². The second-order valence-electron chi connectivity index (χ2n) is 6.00. The number of urea groups is 1. The highest BCUT2D eigenvalue weighted by atomic mass is 16.3. The summed E-state index contributed by atoms with van der Waals surface area (Å²) in [6, 6.07) is 13.8. The summed E-state index contributed by atoms with van der Waals surface area (Å²) in [5.41, 5.74) is 3.32. The van der Waals surface area contributed by atoms with Gasteiger partial charge < -0.3 is 15.3 Å². The molecule has 5 heteroatoms. The standard InChI is InChI=1S/C19H23N3O2/c23-13-12-22(19(24)21-14-16-8-3-4-11-20-16)18-10-5-7-15-6-1-2-9-17(15)18/h1-4,6,8-9,11,18,23H,5,7,10,12-14H2,(H,21,24). The Balaban J connectivity index is 1.74. The number of fused-ring (bicyclic) bond motifs is 1. The summed E-state index contributed by atoms with van der Waals surface area (Å²) in [7, 11) is 0. The van der Waals surface area contributed by atoms with Crippen molar-refractivity contribution in [2.75, 3.05) is 13.2 Å². The molecule has 1 unspecified atom stereocenters. The second kappa shape index (κ2) is 7.93. The quantitative estimate of drug-likeness (QED) is 0.888. The lowest BCUT2D eigenvalue weighted by Gasteiger charge is -2.35. The number of hydrogen-bond donors (Lipinski definition) is 2. The predicted octanol–water partition coefficient (Wildman–Crippen LogP) is 2.66. The predicted molar refractivity (Wildman–Crippen MR) is 92.4 cm³/mol. The molecule has 0 bridgehead atoms. The van der Waals surface area contributed by atoms with Crippen molar-refractivity contribution in [2.24, 2.45) is 0 Å². The molecule has 1 aliphatic carbocycles. The zero-order valence-electron chi connectivity index (χ0n) is 13.7. The number of benzene rings is 1. The molecule has 1 atom stereocenters. The first-order valence-electron chi connectivity index (χ1n) is 8.42. The van der Waals surface area contributed by atoms with Gasteiger partial charge in [-0.1, -0.05) is 30.3 Å². The van der Waals surface area contributed by atoms with Gasteiger partial charge in [-0.2, -0.15) is 0 Å². The average Bonchev–Trinajstić information content (AvgIpc) is 2.65. The number of rotatable bonds is 5. The first-order valence-corrected chi connectivity index (χ1v) is 8.42. The SMILES string of the molecule is O=C(NCc1ccccn1)N(CCO)C1CCCc2ccccc21. The highest BCUT2D eigenvalue weighted by Gasteiger charge is 2.28. The van der Waals surface area contributed by atoms with Crippen LogP contribution < -0.4 is 5.32 Å². The van der Waals surface area contributed by atoms with E-state index >= 15 is 0 Å². The Bertz CT molecular complexity index is 675. The third-order valence-electron chi connectivity index (χ3n) is 4.46. The van der Waals surface area contributed by atoms with Gasteiger partial charge in [0.25, 0.3) is 0 Å². The summed E-state index contributed by atoms with van der Waals surface area (Å²) < 4.78 is 0. The van der Waals surface area contributed by atoms with E-state index in [1.54, 1.807) is 11.1 Å². The van der Waals surface area contributed by atoms with Crippen molar-refractivity contribution in [3.05, 3.63) is 65.5 Å². The number of aliphatic hydroxyl groups excluding tert-OH is 1. The minimum atomic E-state index is -0.156. The van der Waals surface area contributed by atoms with E-state index in [2.05, 4.69) is 22.4 Å². The van der Waals surface area contributed by atoms with Crippen LogP contribution in [0.1, 0.15) is 35.7 Å². The minimum Gasteiger partial charge on any atom is -0.395 e. The fourth-order valence-electron chi connectivity index (χ4n) is 3.33. The Kier molecular flexibility index (Phi) is 5.43. The first kappa shape index (κ1) is 16.5. The van der Waals surface area contributed by atoms with E-state index in [0.29, 0.717) is 13.1 Å². The fourth-order valence-corrected chi connectivity index (χ4v) is 3.33. The van der Waals surface area contributed by atoms with E-state index in [4.69, 9.17) is 0 Å². The van der Waals surface area contributed by atoms with Crippen LogP contribution in [-0.2, 0) is 13.0 Å². The van der Waals surface area contributed by atoms with Gasteiger partial charge in [0.2, 0.25) is 0 Å². The van der Waals surface area contributed by atoms with Crippen molar-refractivity contribution in [3.8, 4) is 0 Å². The largest absolute Gasteiger partial charge is 0.395 e. The number of aromatic nitrogens is 1. The van der Waals surface area contributed by atoms with Crippen LogP contribution in [-0.4, -0.2) is 34.2 Å². The molecule has 1 aliphatic rings. The molecule has 1 heterocycles. The molecule has 24 heavy (non-hydrogen) atoms. The van der Waals surface area contributed by atoms with E-state index in [0.717, 1.165) is 25.0 Å². The number of pyridine rings is 1. The summed E-state index contributed by atoms with van der Waals surface area (Å²) in [6.07, 6.45) is 4.74. The van der Waals surface area contributed by atoms with Crippen molar-refractivity contribution in [3.63, 3.8) is 0 Å². The second-order valence-corrected chi connectivity index (χ2v) is 6.00. The Morgan fingerprint density at radius 3 is 2.88 bits per heavy atom. The van der Waals surface area contributed by atoms with Crippen LogP contribution >= 0.6 is 0 Å². The zero-order valence-corrected chi connectivity index (χ0v) is 13.7. The number of nitrogens with one attached hydrogen (secondary N) is 1. The van der Waals surface area contributed by atoms with Gasteiger partial charge >= 0.3 is 6.03 Å². The normalized spacial score (nSPS) is 16.3. The van der Waals surface area contributed by atoms with Crippen LogP contribution in [0.3, 0.4) is 0 Å². The molecule has 0 aliphatic heterocycles. The Morgan fingerprint density at radius 2 is 2.08 bits per heavy atom. The number of nitrogens with zero attached hydrogens (tertiary/aromatic N) is 2. The number of amides is 2. The molecular weight excluding hydrogens is 302 g/mol. The molecule has 0 saturated carbocycles. The highest BCUT2D eigenvalue weighted by Crippen LogP contribution is 2.34. The first-order chi connectivity index (χ1) is 11.8. The van der Waals surface area contributed by atoms with Gasteiger partial charge in [0.05, 0.1) is 24.9 Å². The van der Waals surface area contributed by atoms with Gasteiger partial charge in [0, 0.05) is 12.7 Å². The van der Waals surface area contributed by atoms with Gasteiger partial charge in [0.15, 0.2) is 0 Å². The number of carbonyl (C=O) groups is 1. The highest BCUT2D eigenvalue weighted by molar-refractivity contribution is 5.75. The lowest BCUT2D eigenvalue weighted by molar-refractivity contribution is 0.144. The molecule has 2 amide bonds. The van der Waals surface area contributed by atoms with Crippen LogP contribution in [0.2, 0.25) is 0 Å². The van der Waals surface area contributed by atoms with Crippen molar-refractivity contribution < 1.29 is 9.90 Å². The third-order valence-corrected chi connectivity index (χ3v) is 4.46. The maximum Gasteiger partial charge on any atom is 0.318 e. The molecule has 2 aromatic rings. The molecule has 0 radical (unpaired) electrons. The molecule has 0 spiro atoms. The Hall–Kier alpha value is -2.40. The molecule has 2 N–H and O–H groups in total. The summed E-state index contributed by atoms with van der Waals surface area (Å²) >= 11 is 0. The van der Waals surface area contributed by atoms with Gasteiger partial charge in [-0.05, 0) is 42.5 Å². The lowest BCUT2D eigenvalue weighted by Crippen LogP contribution is -2.44. The molecule has 5 nitrogen and oxygen atoms in total. The maximum absolute atomic E-state index is 12.7. The van der Waals surface area contributed by atoms with Crippen LogP contribution in [0.5, 0.6) is 0 Å². The maximum atomic E-state index is 12.7. The molecule has 126 valence electrons. The van der Waals surface area contributed by atoms with Gasteiger partial charge in [-0.15, -0.1) is 0 Å². The summed E-state index contributed by atoms with van der Waals surface area (Å²) in [5, 5.41) is 12.3. The molecule has 3 rings (SSSR count). The van der Waals surface area contributed by atoms with Gasteiger partial charge in [-0.3, -0.25) is 4.98 Å². The van der Waals surface area contributed by atoms with Crippen LogP contribution in [0.15, 0.2) is 48.7 Å². The van der Waals surface area contributed by atoms with E-state index in [1.165, 1.54) is 11.1 Å². The van der Waals surface area contributed by atoms with Crippen molar-refractivity contribution in [1.29, 1.82) is 0 Å². The van der Waals surface area contributed by atoms with Crippen molar-refractivity contribution in [2.45, 2.75) is 31.8 Å². The van der Waals surface area contributed by atoms with Crippen LogP contribution in [0, 0.1) is 0 Å². The Morgan fingerprint density at radius 1 is 1.25 bits per heavy atom. The third kappa shape index (κ3) is 3.74. The number of carbonyl (C=O) groups excluding carboxylic acids is 1. The monoisotopic (exact) mass is 325 g/mol. The lowest BCUT2D eigenvalue weighted by atomic mass is 9.87. The van der Waals surface area contributed by atoms with Crippen molar-refractivity contribution in [1.82, 2.24) is 15.2 Å². The molecule has 0 saturated heterocycles. The summed E-state index contributed by atoms with van der Waals surface area (Å²) in [6.45, 7) is 0.665. The van der Waals surface area contributed by atoms with Gasteiger partial charge in [-0.25, -0.2) is 4.79 Å². The van der Waals surface area contributed by atoms with E-state index in [1.807, 2.05) is 30.3 Å². The van der Waals surface area contributed by atoms with Crippen molar-refractivity contribution >= 4 is 6.03 Å². The van der Waals surface area contributed by atoms with Crippen LogP contribution in [0.4, 0.5) is 4.79 Å². The average molecular weight is 325 g/mol. The molecule has 1 aromatic carbocycles. The number of aliphatic hydroxyl groups is 1. The van der Waals surface area contributed by atoms with E-state index in [-0.39, 0.29) is 18.7 Å². The topological polar surface area (TPSA) is 65.5 Å². The smallest absolute Gasteiger partial charge is 0.318 e. The summed E-state index contributed by atoms with van der Waals surface area (Å²) in [5.74, 6) is 0. The fraction of sp³-hybridized carbons (Fsp3) is 0.368. The number of aryl methyl sites for hydroxylation is 1. The van der Waals surface area contributed by atoms with E-state index in [9.17, 15) is 9.90 Å². The van der Waals surface area contributed by atoms with Gasteiger partial charge in [0.1, 0.15) is 0 Å². The minimum absolute atomic E-state index is 0.0193.